The van der Waals surface area contributed by atoms with Gasteiger partial charge in [-0.25, -0.2) is 0 Å². The molecule has 1 atom stereocenters. The molecule has 2 aliphatic heterocycles. The van der Waals surface area contributed by atoms with Crippen molar-refractivity contribution >= 4 is 0 Å². The lowest BCUT2D eigenvalue weighted by Gasteiger charge is -2.36. The van der Waals surface area contributed by atoms with Crippen LogP contribution in [0.3, 0.4) is 0 Å². The van der Waals surface area contributed by atoms with Crippen LogP contribution in [0, 0.1) is 0 Å². The second kappa shape index (κ2) is 6.82. The summed E-state index contributed by atoms with van der Waals surface area (Å²) in [7, 11) is 1.66. The molecule has 2 aliphatic rings. The second-order valence-corrected chi connectivity index (χ2v) is 6.06. The molecule has 4 rings (SSSR count). The molecule has 0 unspecified atom stereocenters. The lowest BCUT2D eigenvalue weighted by Crippen LogP contribution is -2.39. The normalized spacial score (nSPS) is 18.1. The highest BCUT2D eigenvalue weighted by Crippen LogP contribution is 2.44. The topological polar surface area (TPSA) is 60.4 Å². The number of rotatable bonds is 4. The van der Waals surface area contributed by atoms with Gasteiger partial charge in [0.25, 0.3) is 0 Å². The van der Waals surface area contributed by atoms with E-state index in [2.05, 4.69) is 4.90 Å². The van der Waals surface area contributed by atoms with Gasteiger partial charge in [0.1, 0.15) is 11.5 Å². The van der Waals surface area contributed by atoms with E-state index < -0.39 is 0 Å². The third-order valence-corrected chi connectivity index (χ3v) is 4.66. The molecule has 132 valence electrons. The summed E-state index contributed by atoms with van der Waals surface area (Å²) in [5.41, 5.74) is 1.77. The van der Waals surface area contributed by atoms with E-state index in [4.69, 9.17) is 18.9 Å². The molecule has 0 spiro atoms. The molecular weight excluding hydrogens is 322 g/mol. The number of phenols is 1. The Kier molecular flexibility index (Phi) is 4.38. The zero-order valence-electron chi connectivity index (χ0n) is 14.1. The molecule has 0 bridgehead atoms. The zero-order valence-corrected chi connectivity index (χ0v) is 14.1. The van der Waals surface area contributed by atoms with Crippen LogP contribution in [-0.4, -0.2) is 50.2 Å². The number of morpholine rings is 1. The predicted molar refractivity (Wildman–Crippen MR) is 91.5 cm³/mol. The molecule has 0 aromatic heterocycles. The molecule has 0 aliphatic carbocycles. The van der Waals surface area contributed by atoms with Gasteiger partial charge < -0.3 is 24.1 Å². The minimum atomic E-state index is -0.158. The summed E-state index contributed by atoms with van der Waals surface area (Å²) in [5.74, 6) is 2.20. The molecular formula is C19H21NO5. The number of fused-ring (bicyclic) bond motifs is 1. The maximum Gasteiger partial charge on any atom is 0.231 e. The van der Waals surface area contributed by atoms with Crippen LogP contribution in [-0.2, 0) is 4.74 Å². The van der Waals surface area contributed by atoms with E-state index in [1.54, 1.807) is 13.2 Å². The van der Waals surface area contributed by atoms with E-state index in [1.807, 2.05) is 30.3 Å². The first kappa shape index (κ1) is 16.1. The van der Waals surface area contributed by atoms with E-state index in [0.29, 0.717) is 24.7 Å². The fraction of sp³-hybridized carbons (Fsp3) is 0.368. The van der Waals surface area contributed by atoms with Gasteiger partial charge in [0.05, 0.1) is 26.4 Å². The van der Waals surface area contributed by atoms with Crippen LogP contribution in [0.25, 0.3) is 0 Å². The zero-order chi connectivity index (χ0) is 17.2. The number of para-hydroxylation sites is 1. The molecule has 1 fully saturated rings. The van der Waals surface area contributed by atoms with Gasteiger partial charge in [-0.05, 0) is 12.1 Å². The maximum absolute atomic E-state index is 10.7. The minimum absolute atomic E-state index is 0.158. The maximum atomic E-state index is 10.7. The van der Waals surface area contributed by atoms with Crippen LogP contribution >= 0.6 is 0 Å². The highest BCUT2D eigenvalue weighted by atomic mass is 16.7. The van der Waals surface area contributed by atoms with Crippen molar-refractivity contribution in [2.75, 3.05) is 40.2 Å². The number of aromatic hydroxyl groups is 1. The number of benzene rings is 2. The van der Waals surface area contributed by atoms with Gasteiger partial charge in [-0.1, -0.05) is 18.2 Å². The first-order valence-corrected chi connectivity index (χ1v) is 8.35. The smallest absolute Gasteiger partial charge is 0.231 e. The highest BCUT2D eigenvalue weighted by molar-refractivity contribution is 5.55. The molecule has 1 saturated heterocycles. The first-order valence-electron chi connectivity index (χ1n) is 8.35. The Balaban J connectivity index is 1.83. The average Bonchev–Trinajstić information content (AvgIpc) is 3.10. The van der Waals surface area contributed by atoms with Gasteiger partial charge in [-0.15, -0.1) is 0 Å². The number of hydrogen-bond acceptors (Lipinski definition) is 6. The molecule has 1 N–H and O–H groups in total. The van der Waals surface area contributed by atoms with Crippen molar-refractivity contribution in [1.29, 1.82) is 0 Å². The summed E-state index contributed by atoms with van der Waals surface area (Å²) in [6.07, 6.45) is 0. The lowest BCUT2D eigenvalue weighted by atomic mass is 9.94. The van der Waals surface area contributed by atoms with E-state index in [1.165, 1.54) is 0 Å². The Morgan fingerprint density at radius 3 is 2.52 bits per heavy atom. The van der Waals surface area contributed by atoms with Crippen LogP contribution in [0.1, 0.15) is 17.2 Å². The highest BCUT2D eigenvalue weighted by Gasteiger charge is 2.30. The third kappa shape index (κ3) is 2.99. The Bertz CT molecular complexity index is 757. The summed E-state index contributed by atoms with van der Waals surface area (Å²) in [5, 5.41) is 10.7. The Labute approximate surface area is 146 Å². The second-order valence-electron chi connectivity index (χ2n) is 6.06. The van der Waals surface area contributed by atoms with Gasteiger partial charge >= 0.3 is 0 Å². The van der Waals surface area contributed by atoms with Gasteiger partial charge in [0.15, 0.2) is 11.5 Å². The Morgan fingerprint density at radius 1 is 1.04 bits per heavy atom. The van der Waals surface area contributed by atoms with E-state index >= 15 is 0 Å². The molecule has 6 nitrogen and oxygen atoms in total. The minimum Gasteiger partial charge on any atom is -0.507 e. The monoisotopic (exact) mass is 343 g/mol. The summed E-state index contributed by atoms with van der Waals surface area (Å²) < 4.78 is 22.0. The number of methoxy groups -OCH3 is 1. The molecule has 2 aromatic rings. The van der Waals surface area contributed by atoms with Crippen molar-refractivity contribution in [2.45, 2.75) is 6.04 Å². The van der Waals surface area contributed by atoms with Crippen LogP contribution in [0.2, 0.25) is 0 Å². The standard InChI is InChI=1S/C19H21NO5/c1-22-16-5-3-2-4-13(16)19(20-6-8-23-9-7-20)14-10-17-18(11-15(14)21)25-12-24-17/h2-5,10-11,19,21H,6-9,12H2,1H3/t19-/m1/s1. The van der Waals surface area contributed by atoms with Gasteiger partial charge in [-0.2, -0.15) is 0 Å². The molecule has 0 saturated carbocycles. The van der Waals surface area contributed by atoms with Crippen molar-refractivity contribution in [2.24, 2.45) is 0 Å². The van der Waals surface area contributed by atoms with E-state index in [9.17, 15) is 5.11 Å². The SMILES string of the molecule is COc1ccccc1[C@H](c1cc2c(cc1O)OCO2)N1CCOCC1. The molecule has 6 heteroatoms. The lowest BCUT2D eigenvalue weighted by molar-refractivity contribution is 0.0231. The van der Waals surface area contributed by atoms with Crippen molar-refractivity contribution in [3.8, 4) is 23.0 Å². The summed E-state index contributed by atoms with van der Waals surface area (Å²) in [6, 6.07) is 11.2. The van der Waals surface area contributed by atoms with E-state index in [-0.39, 0.29) is 18.6 Å². The van der Waals surface area contributed by atoms with E-state index in [0.717, 1.165) is 30.0 Å². The molecule has 2 aromatic carbocycles. The van der Waals surface area contributed by atoms with Crippen LogP contribution in [0.15, 0.2) is 36.4 Å². The summed E-state index contributed by atoms with van der Waals surface area (Å²) in [6.45, 7) is 3.05. The third-order valence-electron chi connectivity index (χ3n) is 4.66. The number of ether oxygens (including phenoxy) is 4. The molecule has 0 radical (unpaired) electrons. The van der Waals surface area contributed by atoms with Gasteiger partial charge in [0, 0.05) is 30.3 Å². The van der Waals surface area contributed by atoms with Gasteiger partial charge in [-0.3, -0.25) is 4.90 Å². The number of nitrogens with zero attached hydrogens (tertiary/aromatic N) is 1. The van der Waals surface area contributed by atoms with Crippen molar-refractivity contribution in [1.82, 2.24) is 4.90 Å². The molecule has 0 amide bonds. The van der Waals surface area contributed by atoms with Crippen LogP contribution < -0.4 is 14.2 Å². The van der Waals surface area contributed by atoms with Crippen molar-refractivity contribution in [3.63, 3.8) is 0 Å². The molecule has 2 heterocycles. The molecule has 25 heavy (non-hydrogen) atoms. The van der Waals surface area contributed by atoms with Crippen LogP contribution in [0.4, 0.5) is 0 Å². The van der Waals surface area contributed by atoms with Crippen LogP contribution in [0.5, 0.6) is 23.0 Å². The number of phenolic OH excluding ortho intramolecular Hbond substituents is 1. The Morgan fingerprint density at radius 2 is 1.76 bits per heavy atom. The quantitative estimate of drug-likeness (QED) is 0.921. The number of hydrogen-bond donors (Lipinski definition) is 1. The van der Waals surface area contributed by atoms with Crippen molar-refractivity contribution < 1.29 is 24.1 Å². The first-order chi connectivity index (χ1) is 12.3. The fourth-order valence-corrected chi connectivity index (χ4v) is 3.45. The summed E-state index contributed by atoms with van der Waals surface area (Å²) in [4.78, 5) is 2.29. The Hall–Kier alpha value is -2.44. The largest absolute Gasteiger partial charge is 0.507 e. The van der Waals surface area contributed by atoms with Crippen molar-refractivity contribution in [3.05, 3.63) is 47.5 Å². The predicted octanol–water partition coefficient (Wildman–Crippen LogP) is 2.55. The summed E-state index contributed by atoms with van der Waals surface area (Å²) >= 11 is 0. The fourth-order valence-electron chi connectivity index (χ4n) is 3.45. The van der Waals surface area contributed by atoms with Gasteiger partial charge in [0.2, 0.25) is 6.79 Å². The average molecular weight is 343 g/mol.